The smallest absolute Gasteiger partial charge is 0.283 e. The third kappa shape index (κ3) is 3.93. The first-order chi connectivity index (χ1) is 11.6. The summed E-state index contributed by atoms with van der Waals surface area (Å²) >= 11 is 1.24. The minimum Gasteiger partial charge on any atom is -0.489 e. The zero-order chi connectivity index (χ0) is 17.1. The van der Waals surface area contributed by atoms with Crippen LogP contribution in [0.5, 0.6) is 5.75 Å². The zero-order valence-corrected chi connectivity index (χ0v) is 15.2. The van der Waals surface area contributed by atoms with E-state index in [1.54, 1.807) is 7.05 Å². The highest BCUT2D eigenvalue weighted by molar-refractivity contribution is 8.13. The van der Waals surface area contributed by atoms with Crippen LogP contribution in [-0.4, -0.2) is 12.3 Å². The molecule has 2 aromatic rings. The number of thioether (sulfide) groups is 1. The number of nitrogens with one attached hydrogen (secondary N) is 1. The molecule has 0 heterocycles. The highest BCUT2D eigenvalue weighted by atomic mass is 32.2. The number of carbonyl (C=O) groups excluding carboxylic acids is 1. The van der Waals surface area contributed by atoms with Crippen molar-refractivity contribution in [2.45, 2.75) is 44.1 Å². The Morgan fingerprint density at radius 2 is 2.04 bits per heavy atom. The molecule has 0 bridgehead atoms. The summed E-state index contributed by atoms with van der Waals surface area (Å²) in [4.78, 5) is 12.8. The highest BCUT2D eigenvalue weighted by Crippen LogP contribution is 2.44. The van der Waals surface area contributed by atoms with Crippen molar-refractivity contribution >= 4 is 17.0 Å². The Bertz CT molecular complexity index is 753. The number of hydrogen-bond donors (Lipinski definition) is 1. The Morgan fingerprint density at radius 1 is 1.25 bits per heavy atom. The lowest BCUT2D eigenvalue weighted by molar-refractivity contribution is 0.262. The first-order valence-corrected chi connectivity index (χ1v) is 9.11. The van der Waals surface area contributed by atoms with Crippen LogP contribution in [-0.2, 0) is 6.61 Å². The number of amides is 1. The molecule has 1 N–H and O–H groups in total. The number of rotatable bonds is 5. The molecule has 24 heavy (non-hydrogen) atoms. The van der Waals surface area contributed by atoms with Crippen molar-refractivity contribution in [3.63, 3.8) is 0 Å². The van der Waals surface area contributed by atoms with Gasteiger partial charge in [-0.25, -0.2) is 0 Å². The second-order valence-electron chi connectivity index (χ2n) is 6.30. The molecule has 3 nitrogen and oxygen atoms in total. The van der Waals surface area contributed by atoms with E-state index in [1.165, 1.54) is 35.7 Å². The van der Waals surface area contributed by atoms with Gasteiger partial charge in [0, 0.05) is 17.5 Å². The molecule has 0 aromatic heterocycles. The van der Waals surface area contributed by atoms with Gasteiger partial charge >= 0.3 is 0 Å². The van der Waals surface area contributed by atoms with Gasteiger partial charge in [0.2, 0.25) is 0 Å². The third-order valence-electron chi connectivity index (χ3n) is 4.30. The summed E-state index contributed by atoms with van der Waals surface area (Å²) in [5.41, 5.74) is 4.84. The minimum absolute atomic E-state index is 0.0456. The lowest BCUT2D eigenvalue weighted by Gasteiger charge is -2.16. The van der Waals surface area contributed by atoms with E-state index >= 15 is 0 Å². The Balaban J connectivity index is 1.85. The van der Waals surface area contributed by atoms with Crippen LogP contribution in [0.4, 0.5) is 4.79 Å². The maximum absolute atomic E-state index is 11.8. The minimum atomic E-state index is -0.0456. The van der Waals surface area contributed by atoms with Crippen LogP contribution in [0.2, 0.25) is 0 Å². The monoisotopic (exact) mass is 341 g/mol. The lowest BCUT2D eigenvalue weighted by Crippen LogP contribution is -2.12. The quantitative estimate of drug-likeness (QED) is 0.761. The summed E-state index contributed by atoms with van der Waals surface area (Å²) in [5.74, 6) is 1.52. The van der Waals surface area contributed by atoms with Crippen LogP contribution in [0.15, 0.2) is 41.3 Å². The summed E-state index contributed by atoms with van der Waals surface area (Å²) in [6.07, 6.45) is 2.45. The van der Waals surface area contributed by atoms with E-state index < -0.39 is 0 Å². The molecule has 1 amide bonds. The molecule has 0 spiro atoms. The van der Waals surface area contributed by atoms with Gasteiger partial charge in [-0.05, 0) is 67.6 Å². The van der Waals surface area contributed by atoms with Gasteiger partial charge in [0.05, 0.1) is 0 Å². The Morgan fingerprint density at radius 3 is 2.71 bits per heavy atom. The fourth-order valence-corrected chi connectivity index (χ4v) is 3.62. The summed E-state index contributed by atoms with van der Waals surface area (Å²) in [7, 11) is 1.66. The van der Waals surface area contributed by atoms with Gasteiger partial charge in [-0.15, -0.1) is 0 Å². The van der Waals surface area contributed by atoms with Crippen molar-refractivity contribution in [2.75, 3.05) is 7.05 Å². The van der Waals surface area contributed by atoms with Crippen molar-refractivity contribution in [1.29, 1.82) is 0 Å². The predicted octanol–water partition coefficient (Wildman–Crippen LogP) is 5.19. The van der Waals surface area contributed by atoms with E-state index in [-0.39, 0.29) is 5.24 Å². The Labute approximate surface area is 147 Å². The molecule has 0 unspecified atom stereocenters. The van der Waals surface area contributed by atoms with Crippen LogP contribution >= 0.6 is 11.8 Å². The molecule has 2 aromatic carbocycles. The number of hydrogen-bond acceptors (Lipinski definition) is 3. The van der Waals surface area contributed by atoms with Crippen molar-refractivity contribution in [3.8, 4) is 5.75 Å². The second-order valence-corrected chi connectivity index (χ2v) is 7.31. The fourth-order valence-electron chi connectivity index (χ4n) is 2.87. The number of carbonyl (C=O) groups is 1. The Kier molecular flexibility index (Phi) is 5.14. The molecule has 0 radical (unpaired) electrons. The first-order valence-electron chi connectivity index (χ1n) is 8.30. The molecule has 126 valence electrons. The van der Waals surface area contributed by atoms with Gasteiger partial charge in [0.1, 0.15) is 12.4 Å². The van der Waals surface area contributed by atoms with Crippen molar-refractivity contribution in [1.82, 2.24) is 5.32 Å². The second kappa shape index (κ2) is 7.31. The fraction of sp³-hybridized carbons (Fsp3) is 0.350. The van der Waals surface area contributed by atoms with Gasteiger partial charge in [0.15, 0.2) is 0 Å². The summed E-state index contributed by atoms with van der Waals surface area (Å²) in [6.45, 7) is 4.64. The normalized spacial score (nSPS) is 13.6. The third-order valence-corrected chi connectivity index (χ3v) is 5.29. The molecule has 4 heteroatoms. The maximum Gasteiger partial charge on any atom is 0.283 e. The standard InChI is InChI=1S/C20H23NO2S/c1-13-7-10-18(14(2)11-13)23-12-17-16(15-8-9-15)5-4-6-19(17)24-20(22)21-3/h4-7,10-11,15H,8-9,12H2,1-3H3,(H,21,22). The number of ether oxygens (including phenoxy) is 1. The van der Waals surface area contributed by atoms with Crippen LogP contribution < -0.4 is 10.1 Å². The molecular weight excluding hydrogens is 318 g/mol. The number of aryl methyl sites for hydroxylation is 2. The zero-order valence-electron chi connectivity index (χ0n) is 14.4. The molecule has 1 fully saturated rings. The van der Waals surface area contributed by atoms with Crippen LogP contribution in [0, 0.1) is 13.8 Å². The Hall–Kier alpha value is -1.94. The van der Waals surface area contributed by atoms with E-state index in [1.807, 2.05) is 18.2 Å². The summed E-state index contributed by atoms with van der Waals surface area (Å²) in [5, 5.41) is 2.63. The SMILES string of the molecule is CNC(=O)Sc1cccc(C2CC2)c1COc1ccc(C)cc1C. The predicted molar refractivity (Wildman–Crippen MR) is 99.0 cm³/mol. The molecule has 1 saturated carbocycles. The van der Waals surface area contributed by atoms with Gasteiger partial charge in [-0.3, -0.25) is 4.79 Å². The van der Waals surface area contributed by atoms with E-state index in [4.69, 9.17) is 4.74 Å². The van der Waals surface area contributed by atoms with Gasteiger partial charge < -0.3 is 10.1 Å². The average Bonchev–Trinajstić information content (AvgIpc) is 3.39. The average molecular weight is 341 g/mol. The largest absolute Gasteiger partial charge is 0.489 e. The lowest BCUT2D eigenvalue weighted by atomic mass is 10.0. The van der Waals surface area contributed by atoms with E-state index in [0.717, 1.165) is 21.8 Å². The summed E-state index contributed by atoms with van der Waals surface area (Å²) in [6, 6.07) is 12.4. The maximum atomic E-state index is 11.8. The molecule has 0 atom stereocenters. The van der Waals surface area contributed by atoms with Gasteiger partial charge in [-0.2, -0.15) is 0 Å². The van der Waals surface area contributed by atoms with Crippen LogP contribution in [0.3, 0.4) is 0 Å². The van der Waals surface area contributed by atoms with Gasteiger partial charge in [-0.1, -0.05) is 29.8 Å². The summed E-state index contributed by atoms with van der Waals surface area (Å²) < 4.78 is 6.11. The van der Waals surface area contributed by atoms with Gasteiger partial charge in [0.25, 0.3) is 5.24 Å². The van der Waals surface area contributed by atoms with Crippen LogP contribution in [0.25, 0.3) is 0 Å². The molecule has 0 aliphatic heterocycles. The molecular formula is C20H23NO2S. The van der Waals surface area contributed by atoms with Crippen LogP contribution in [0.1, 0.15) is 41.0 Å². The first kappa shape index (κ1) is 16.9. The topological polar surface area (TPSA) is 38.3 Å². The molecule has 1 aliphatic carbocycles. The van der Waals surface area contributed by atoms with Crippen molar-refractivity contribution in [2.24, 2.45) is 0 Å². The van der Waals surface area contributed by atoms with Crippen molar-refractivity contribution in [3.05, 3.63) is 58.7 Å². The van der Waals surface area contributed by atoms with E-state index in [2.05, 4.69) is 37.4 Å². The number of benzene rings is 2. The molecule has 0 saturated heterocycles. The highest BCUT2D eigenvalue weighted by Gasteiger charge is 2.27. The van der Waals surface area contributed by atoms with E-state index in [0.29, 0.717) is 12.5 Å². The molecule has 1 aliphatic rings. The van der Waals surface area contributed by atoms with E-state index in [9.17, 15) is 4.79 Å². The van der Waals surface area contributed by atoms with Crippen molar-refractivity contribution < 1.29 is 9.53 Å². The molecule has 3 rings (SSSR count).